The second-order valence-corrected chi connectivity index (χ2v) is 3.86. The Morgan fingerprint density at radius 2 is 2.14 bits per heavy atom. The normalized spacial score (nSPS) is 12.2. The van der Waals surface area contributed by atoms with Gasteiger partial charge in [0.05, 0.1) is 0 Å². The van der Waals surface area contributed by atoms with Crippen LogP contribution in [0.2, 0.25) is 0 Å². The highest BCUT2D eigenvalue weighted by molar-refractivity contribution is 5.77. The molecule has 0 aromatic heterocycles. The van der Waals surface area contributed by atoms with E-state index in [1.807, 2.05) is 11.9 Å². The molecule has 84 valence electrons. The lowest BCUT2D eigenvalue weighted by Crippen LogP contribution is -2.35. The summed E-state index contributed by atoms with van der Waals surface area (Å²) < 4.78 is 4.96. The smallest absolute Gasteiger partial charge is 0.190 e. The van der Waals surface area contributed by atoms with E-state index in [2.05, 4.69) is 18.8 Å². The Balaban J connectivity index is 3.73. The van der Waals surface area contributed by atoms with Crippen LogP contribution in [-0.4, -0.2) is 44.7 Å². The number of methoxy groups -OCH3 is 1. The summed E-state index contributed by atoms with van der Waals surface area (Å²) in [7, 11) is 3.66. The highest BCUT2D eigenvalue weighted by Gasteiger charge is 2.01. The van der Waals surface area contributed by atoms with E-state index in [9.17, 15) is 0 Å². The van der Waals surface area contributed by atoms with Gasteiger partial charge in [0.1, 0.15) is 0 Å². The van der Waals surface area contributed by atoms with Crippen molar-refractivity contribution in [3.8, 4) is 0 Å². The Morgan fingerprint density at radius 1 is 1.50 bits per heavy atom. The van der Waals surface area contributed by atoms with Gasteiger partial charge in [-0.25, -0.2) is 0 Å². The van der Waals surface area contributed by atoms with Crippen LogP contribution in [-0.2, 0) is 4.74 Å². The number of nitrogens with two attached hydrogens (primary N) is 1. The molecule has 0 unspecified atom stereocenters. The molecule has 0 fully saturated rings. The third kappa shape index (κ3) is 6.71. The molecule has 4 nitrogen and oxygen atoms in total. The van der Waals surface area contributed by atoms with Gasteiger partial charge in [-0.2, -0.15) is 0 Å². The number of nitrogens with zero attached hydrogens (tertiary/aromatic N) is 2. The third-order valence-electron chi connectivity index (χ3n) is 1.85. The fourth-order valence-electron chi connectivity index (χ4n) is 0.957. The Bertz CT molecular complexity index is 169. The van der Waals surface area contributed by atoms with Crippen LogP contribution in [0.4, 0.5) is 0 Å². The number of guanidine groups is 1. The molecule has 0 rings (SSSR count). The number of ether oxygens (including phenoxy) is 1. The molecule has 4 heteroatoms. The first-order chi connectivity index (χ1) is 6.57. The van der Waals surface area contributed by atoms with Crippen molar-refractivity contribution in [3.05, 3.63) is 0 Å². The van der Waals surface area contributed by atoms with Gasteiger partial charge in [-0.1, -0.05) is 13.8 Å². The van der Waals surface area contributed by atoms with Crippen molar-refractivity contribution in [1.29, 1.82) is 0 Å². The third-order valence-corrected chi connectivity index (χ3v) is 1.85. The van der Waals surface area contributed by atoms with Crippen molar-refractivity contribution in [3.63, 3.8) is 0 Å². The van der Waals surface area contributed by atoms with E-state index in [1.165, 1.54) is 0 Å². The monoisotopic (exact) mass is 201 g/mol. The quantitative estimate of drug-likeness (QED) is 0.395. The maximum Gasteiger partial charge on any atom is 0.190 e. The van der Waals surface area contributed by atoms with E-state index >= 15 is 0 Å². The van der Waals surface area contributed by atoms with Crippen LogP contribution in [0.3, 0.4) is 0 Å². The van der Waals surface area contributed by atoms with Crippen molar-refractivity contribution in [2.24, 2.45) is 16.6 Å². The number of hydrogen-bond donors (Lipinski definition) is 1. The summed E-state index contributed by atoms with van der Waals surface area (Å²) in [6.45, 7) is 6.70. The molecule has 14 heavy (non-hydrogen) atoms. The lowest BCUT2D eigenvalue weighted by atomic mass is 10.2. The molecule has 0 bridgehead atoms. The maximum absolute atomic E-state index is 5.78. The number of hydrogen-bond acceptors (Lipinski definition) is 2. The summed E-state index contributed by atoms with van der Waals surface area (Å²) in [6, 6.07) is 0. The van der Waals surface area contributed by atoms with Crippen LogP contribution >= 0.6 is 0 Å². The highest BCUT2D eigenvalue weighted by atomic mass is 16.5. The van der Waals surface area contributed by atoms with Crippen LogP contribution in [0.25, 0.3) is 0 Å². The molecule has 0 aromatic carbocycles. The van der Waals surface area contributed by atoms with Crippen molar-refractivity contribution in [1.82, 2.24) is 4.90 Å². The van der Waals surface area contributed by atoms with Gasteiger partial charge in [0, 0.05) is 33.9 Å². The molecule has 0 aromatic rings. The summed E-state index contributed by atoms with van der Waals surface area (Å²) in [6.07, 6.45) is 0.977. The molecule has 2 N–H and O–H groups in total. The minimum Gasteiger partial charge on any atom is -0.385 e. The molecule has 0 amide bonds. The first-order valence-electron chi connectivity index (χ1n) is 5.08. The topological polar surface area (TPSA) is 50.9 Å². The minimum absolute atomic E-state index is 0.556. The summed E-state index contributed by atoms with van der Waals surface area (Å²) in [4.78, 5) is 6.24. The Hall–Kier alpha value is -0.770. The van der Waals surface area contributed by atoms with Crippen LogP contribution in [0, 0.1) is 5.92 Å². The van der Waals surface area contributed by atoms with Gasteiger partial charge in [-0.15, -0.1) is 0 Å². The molecule has 0 spiro atoms. The number of rotatable bonds is 6. The predicted molar refractivity (Wildman–Crippen MR) is 60.5 cm³/mol. The van der Waals surface area contributed by atoms with Crippen molar-refractivity contribution in [2.45, 2.75) is 20.3 Å². The van der Waals surface area contributed by atoms with Gasteiger partial charge in [-0.3, -0.25) is 4.99 Å². The maximum atomic E-state index is 5.78. The largest absolute Gasteiger partial charge is 0.385 e. The van der Waals surface area contributed by atoms with E-state index in [0.717, 1.165) is 26.1 Å². The van der Waals surface area contributed by atoms with Crippen molar-refractivity contribution >= 4 is 5.96 Å². The first-order valence-corrected chi connectivity index (χ1v) is 5.08. The average Bonchev–Trinajstić information content (AvgIpc) is 2.14. The molecule has 0 heterocycles. The van der Waals surface area contributed by atoms with Gasteiger partial charge in [0.25, 0.3) is 0 Å². The molecule has 0 saturated heterocycles. The van der Waals surface area contributed by atoms with Gasteiger partial charge < -0.3 is 15.4 Å². The summed E-state index contributed by atoms with van der Waals surface area (Å²) >= 11 is 0. The SMILES string of the molecule is COCCCN(C)C(N)=NCC(C)C. The van der Waals surface area contributed by atoms with Gasteiger partial charge in [0.2, 0.25) is 0 Å². The molecule has 0 radical (unpaired) electrons. The van der Waals surface area contributed by atoms with Crippen molar-refractivity contribution in [2.75, 3.05) is 33.9 Å². The molecule has 0 aliphatic rings. The van der Waals surface area contributed by atoms with E-state index < -0.39 is 0 Å². The second-order valence-electron chi connectivity index (χ2n) is 3.86. The molecule has 0 atom stereocenters. The lowest BCUT2D eigenvalue weighted by Gasteiger charge is -2.17. The van der Waals surface area contributed by atoms with Gasteiger partial charge >= 0.3 is 0 Å². The number of aliphatic imine (C=N–C) groups is 1. The molecule has 0 aliphatic carbocycles. The zero-order valence-corrected chi connectivity index (χ0v) is 9.79. The van der Waals surface area contributed by atoms with Crippen LogP contribution < -0.4 is 5.73 Å². The molecular formula is C10H23N3O. The van der Waals surface area contributed by atoms with Crippen LogP contribution in [0.15, 0.2) is 4.99 Å². The molecule has 0 saturated carbocycles. The van der Waals surface area contributed by atoms with Crippen molar-refractivity contribution < 1.29 is 4.74 Å². The fraction of sp³-hybridized carbons (Fsp3) is 0.900. The lowest BCUT2D eigenvalue weighted by molar-refractivity contribution is 0.188. The Kier molecular flexibility index (Phi) is 7.20. The van der Waals surface area contributed by atoms with E-state index in [1.54, 1.807) is 7.11 Å². The zero-order chi connectivity index (χ0) is 11.0. The zero-order valence-electron chi connectivity index (χ0n) is 9.79. The van der Waals surface area contributed by atoms with E-state index in [0.29, 0.717) is 11.9 Å². The standard InChI is InChI=1S/C10H23N3O/c1-9(2)8-12-10(11)13(3)6-5-7-14-4/h9H,5-8H2,1-4H3,(H2,11,12). The minimum atomic E-state index is 0.556. The second kappa shape index (κ2) is 7.62. The fourth-order valence-corrected chi connectivity index (χ4v) is 0.957. The Morgan fingerprint density at radius 3 is 2.64 bits per heavy atom. The van der Waals surface area contributed by atoms with Gasteiger partial charge in [-0.05, 0) is 12.3 Å². The molecule has 0 aliphatic heterocycles. The predicted octanol–water partition coefficient (Wildman–Crippen LogP) is 0.925. The van der Waals surface area contributed by atoms with E-state index in [-0.39, 0.29) is 0 Å². The van der Waals surface area contributed by atoms with Gasteiger partial charge in [0.15, 0.2) is 5.96 Å². The summed E-state index contributed by atoms with van der Waals surface area (Å²) in [5.74, 6) is 1.18. The highest BCUT2D eigenvalue weighted by Crippen LogP contribution is 1.93. The summed E-state index contributed by atoms with van der Waals surface area (Å²) in [5.41, 5.74) is 5.78. The Labute approximate surface area is 87.1 Å². The van der Waals surface area contributed by atoms with E-state index in [4.69, 9.17) is 10.5 Å². The average molecular weight is 201 g/mol. The van der Waals surface area contributed by atoms with Crippen LogP contribution in [0.5, 0.6) is 0 Å². The summed E-state index contributed by atoms with van der Waals surface area (Å²) in [5, 5.41) is 0. The first kappa shape index (κ1) is 13.2. The van der Waals surface area contributed by atoms with Crippen LogP contribution in [0.1, 0.15) is 20.3 Å². The molecular weight excluding hydrogens is 178 g/mol.